The van der Waals surface area contributed by atoms with Gasteiger partial charge < -0.3 is 14.5 Å². The van der Waals surface area contributed by atoms with E-state index in [0.717, 1.165) is 0 Å². The molecule has 0 aliphatic rings. The highest BCUT2D eigenvalue weighted by Crippen LogP contribution is 2.45. The second-order valence-corrected chi connectivity index (χ2v) is 5.20. The standard InChI is InChI=1S/C5H10ClO3PS/c1-2-9-4-5(3-6)10(7,8)11/h4H,2-3H2,1H3,(H2,7,8,11). The summed E-state index contributed by atoms with van der Waals surface area (Å²) in [6.45, 7) is -1.14. The molecule has 0 aromatic heterocycles. The van der Waals surface area contributed by atoms with Crippen LogP contribution in [0.4, 0.5) is 0 Å². The Balaban J connectivity index is 4.28. The minimum Gasteiger partial charge on any atom is -0.501 e. The first-order valence-corrected chi connectivity index (χ1v) is 6.19. The van der Waals surface area contributed by atoms with Crippen molar-refractivity contribution in [2.75, 3.05) is 12.5 Å². The van der Waals surface area contributed by atoms with Gasteiger partial charge in [-0.15, -0.1) is 11.6 Å². The van der Waals surface area contributed by atoms with Crippen molar-refractivity contribution in [3.05, 3.63) is 11.6 Å². The van der Waals surface area contributed by atoms with Crippen molar-refractivity contribution in [1.82, 2.24) is 0 Å². The summed E-state index contributed by atoms with van der Waals surface area (Å²) in [6, 6.07) is 0. The van der Waals surface area contributed by atoms with E-state index in [9.17, 15) is 0 Å². The number of allylic oxidation sites excluding steroid dienone is 1. The van der Waals surface area contributed by atoms with Gasteiger partial charge >= 0.3 is 0 Å². The van der Waals surface area contributed by atoms with Crippen LogP contribution in [0.25, 0.3) is 0 Å². The maximum absolute atomic E-state index is 8.95. The SMILES string of the molecule is CCOC=C(CCl)P(O)(O)=S. The lowest BCUT2D eigenvalue weighted by atomic mass is 10.7. The molecule has 0 rings (SSSR count). The van der Waals surface area contributed by atoms with Crippen molar-refractivity contribution in [2.45, 2.75) is 6.92 Å². The molecule has 3 nitrogen and oxygen atoms in total. The Bertz CT molecular complexity index is 188. The molecule has 0 saturated carbocycles. The second-order valence-electron chi connectivity index (χ2n) is 1.74. The third kappa shape index (κ3) is 4.77. The van der Waals surface area contributed by atoms with E-state index in [1.165, 1.54) is 6.26 Å². The lowest BCUT2D eigenvalue weighted by Crippen LogP contribution is -1.89. The Hall–Kier alpha value is 0.400. The molecule has 0 aliphatic heterocycles. The zero-order valence-electron chi connectivity index (χ0n) is 6.03. The second kappa shape index (κ2) is 5.12. The average molecular weight is 217 g/mol. The molecule has 0 saturated heterocycles. The van der Waals surface area contributed by atoms with E-state index in [0.29, 0.717) is 6.61 Å². The molecule has 0 aromatic rings. The molecule has 0 bridgehead atoms. The van der Waals surface area contributed by atoms with Gasteiger partial charge in [-0.2, -0.15) is 0 Å². The number of ether oxygens (including phenoxy) is 1. The molecule has 0 atom stereocenters. The zero-order chi connectivity index (χ0) is 8.91. The molecule has 0 aliphatic carbocycles. The van der Waals surface area contributed by atoms with Gasteiger partial charge in [0, 0.05) is 0 Å². The van der Waals surface area contributed by atoms with Crippen LogP contribution in [0.15, 0.2) is 11.6 Å². The summed E-state index contributed by atoms with van der Waals surface area (Å²) >= 11 is 9.79. The van der Waals surface area contributed by atoms with Gasteiger partial charge in [-0.1, -0.05) is 0 Å². The minimum absolute atomic E-state index is 0.00965. The van der Waals surface area contributed by atoms with Gasteiger partial charge in [0.05, 0.1) is 24.1 Å². The highest BCUT2D eigenvalue weighted by Gasteiger charge is 2.14. The van der Waals surface area contributed by atoms with Crippen LogP contribution in [-0.2, 0) is 16.5 Å². The number of rotatable bonds is 4. The van der Waals surface area contributed by atoms with Crippen LogP contribution in [0, 0.1) is 0 Å². The average Bonchev–Trinajstić information content (AvgIpc) is 1.87. The van der Waals surface area contributed by atoms with E-state index in [4.69, 9.17) is 26.1 Å². The van der Waals surface area contributed by atoms with E-state index < -0.39 is 6.49 Å². The van der Waals surface area contributed by atoms with Crippen LogP contribution in [0.1, 0.15) is 6.92 Å². The van der Waals surface area contributed by atoms with Gasteiger partial charge in [-0.05, 0) is 18.7 Å². The Labute approximate surface area is 75.8 Å². The van der Waals surface area contributed by atoms with E-state index >= 15 is 0 Å². The quantitative estimate of drug-likeness (QED) is 0.424. The summed E-state index contributed by atoms with van der Waals surface area (Å²) in [5, 5.41) is 0.177. The number of alkyl halides is 1. The van der Waals surface area contributed by atoms with Crippen LogP contribution in [0.3, 0.4) is 0 Å². The molecule has 6 heteroatoms. The van der Waals surface area contributed by atoms with Gasteiger partial charge in [-0.3, -0.25) is 0 Å². The van der Waals surface area contributed by atoms with E-state index in [1.54, 1.807) is 6.92 Å². The number of hydrogen-bond acceptors (Lipinski definition) is 2. The molecule has 66 valence electrons. The van der Waals surface area contributed by atoms with Gasteiger partial charge in [-0.25, -0.2) is 0 Å². The van der Waals surface area contributed by atoms with Crippen molar-refractivity contribution in [2.24, 2.45) is 0 Å². The molecular weight excluding hydrogens is 207 g/mol. The van der Waals surface area contributed by atoms with Crippen molar-refractivity contribution in [3.63, 3.8) is 0 Å². The van der Waals surface area contributed by atoms with Crippen LogP contribution in [-0.4, -0.2) is 22.3 Å². The first-order valence-electron chi connectivity index (χ1n) is 2.95. The largest absolute Gasteiger partial charge is 0.501 e. The summed E-state index contributed by atoms with van der Waals surface area (Å²) in [6.07, 6.45) is 1.22. The predicted molar refractivity (Wildman–Crippen MR) is 49.2 cm³/mol. The van der Waals surface area contributed by atoms with Crippen molar-refractivity contribution in [3.8, 4) is 0 Å². The maximum atomic E-state index is 8.95. The van der Waals surface area contributed by atoms with Crippen LogP contribution >= 0.6 is 18.1 Å². The minimum atomic E-state index is -3.37. The van der Waals surface area contributed by atoms with Crippen LogP contribution in [0.2, 0.25) is 0 Å². The Morgan fingerprint density at radius 3 is 2.55 bits per heavy atom. The highest BCUT2D eigenvalue weighted by atomic mass is 35.5. The van der Waals surface area contributed by atoms with Crippen molar-refractivity contribution < 1.29 is 14.5 Å². The van der Waals surface area contributed by atoms with Gasteiger partial charge in [0.1, 0.15) is 0 Å². The third-order valence-corrected chi connectivity index (χ3v) is 3.09. The molecule has 0 radical (unpaired) electrons. The predicted octanol–water partition coefficient (Wildman–Crippen LogP) is 1.40. The topological polar surface area (TPSA) is 49.7 Å². The van der Waals surface area contributed by atoms with Gasteiger partial charge in [0.25, 0.3) is 0 Å². The van der Waals surface area contributed by atoms with Crippen molar-refractivity contribution in [1.29, 1.82) is 0 Å². The fourth-order valence-corrected chi connectivity index (χ4v) is 1.82. The van der Waals surface area contributed by atoms with E-state index in [-0.39, 0.29) is 11.2 Å². The molecule has 11 heavy (non-hydrogen) atoms. The fourth-order valence-electron chi connectivity index (χ4n) is 0.358. The first-order chi connectivity index (χ1) is 5.02. The highest BCUT2D eigenvalue weighted by molar-refractivity contribution is 8.11. The molecule has 2 N–H and O–H groups in total. The summed E-state index contributed by atoms with van der Waals surface area (Å²) in [5.74, 6) is -0.00965. The van der Waals surface area contributed by atoms with E-state index in [1.807, 2.05) is 0 Å². The normalized spacial score (nSPS) is 13.3. The molecule has 0 amide bonds. The molecular formula is C5H10ClO3PS. The van der Waals surface area contributed by atoms with Crippen molar-refractivity contribution >= 4 is 29.9 Å². The number of hydrogen-bond donors (Lipinski definition) is 2. The van der Waals surface area contributed by atoms with Crippen LogP contribution < -0.4 is 0 Å². The Morgan fingerprint density at radius 2 is 2.27 bits per heavy atom. The Morgan fingerprint density at radius 1 is 1.73 bits per heavy atom. The number of halogens is 1. The molecule has 0 spiro atoms. The fraction of sp³-hybridized carbons (Fsp3) is 0.600. The lowest BCUT2D eigenvalue weighted by molar-refractivity contribution is 0.267. The lowest BCUT2D eigenvalue weighted by Gasteiger charge is -2.08. The Kier molecular flexibility index (Phi) is 5.30. The summed E-state index contributed by atoms with van der Waals surface area (Å²) in [5.41, 5.74) is 0. The maximum Gasteiger partial charge on any atom is 0.214 e. The molecule has 0 unspecified atom stereocenters. The summed E-state index contributed by atoms with van der Waals surface area (Å²) in [7, 11) is 0. The zero-order valence-corrected chi connectivity index (χ0v) is 8.49. The van der Waals surface area contributed by atoms with E-state index in [2.05, 4.69) is 11.8 Å². The first kappa shape index (κ1) is 11.4. The summed E-state index contributed by atoms with van der Waals surface area (Å²) < 4.78 is 4.81. The molecule has 0 heterocycles. The molecule has 0 aromatic carbocycles. The summed E-state index contributed by atoms with van der Waals surface area (Å²) in [4.78, 5) is 17.9. The van der Waals surface area contributed by atoms with Gasteiger partial charge in [0.15, 0.2) is 0 Å². The van der Waals surface area contributed by atoms with Gasteiger partial charge in [0.2, 0.25) is 6.49 Å². The third-order valence-electron chi connectivity index (χ3n) is 0.897. The molecule has 0 fully saturated rings. The smallest absolute Gasteiger partial charge is 0.214 e. The van der Waals surface area contributed by atoms with Crippen LogP contribution in [0.5, 0.6) is 0 Å². The monoisotopic (exact) mass is 216 g/mol.